The molecule has 5 nitrogen and oxygen atoms in total. The zero-order valence-corrected chi connectivity index (χ0v) is 15.2. The molecule has 5 heteroatoms. The van der Waals surface area contributed by atoms with Crippen molar-refractivity contribution in [2.45, 2.75) is 57.2 Å². The van der Waals surface area contributed by atoms with Gasteiger partial charge in [-0.25, -0.2) is 0 Å². The Labute approximate surface area is 150 Å². The fourth-order valence-electron chi connectivity index (χ4n) is 3.88. The standard InChI is InChI=1S/C20H30N2O3/c1-24-19-11-5-2-7-16(19)13-22(14-18-10-6-12-25-18)15-20(23)21-17-8-3-4-9-17/h2,5,7,11,17-18H,3-4,6,8-10,12-15H2,1H3,(H,21,23)/t18-/m0/s1. The topological polar surface area (TPSA) is 50.8 Å². The second-order valence-corrected chi connectivity index (χ2v) is 7.17. The van der Waals surface area contributed by atoms with E-state index < -0.39 is 0 Å². The van der Waals surface area contributed by atoms with Gasteiger partial charge in [0, 0.05) is 31.3 Å². The van der Waals surface area contributed by atoms with E-state index in [-0.39, 0.29) is 12.0 Å². The van der Waals surface area contributed by atoms with Crippen molar-refractivity contribution in [2.75, 3.05) is 26.8 Å². The minimum Gasteiger partial charge on any atom is -0.496 e. The van der Waals surface area contributed by atoms with Crippen LogP contribution in [0.5, 0.6) is 5.75 Å². The summed E-state index contributed by atoms with van der Waals surface area (Å²) in [6, 6.07) is 8.39. The van der Waals surface area contributed by atoms with Gasteiger partial charge in [0.05, 0.1) is 19.8 Å². The maximum atomic E-state index is 12.5. The third kappa shape index (κ3) is 5.44. The van der Waals surface area contributed by atoms with Crippen LogP contribution >= 0.6 is 0 Å². The Hall–Kier alpha value is -1.59. The summed E-state index contributed by atoms with van der Waals surface area (Å²) in [5.41, 5.74) is 1.11. The quantitative estimate of drug-likeness (QED) is 0.786. The number of ether oxygens (including phenoxy) is 2. The van der Waals surface area contributed by atoms with Gasteiger partial charge < -0.3 is 14.8 Å². The molecule has 2 aliphatic rings. The van der Waals surface area contributed by atoms with Gasteiger partial charge in [0.25, 0.3) is 0 Å². The highest BCUT2D eigenvalue weighted by atomic mass is 16.5. The second kappa shape index (κ2) is 9.20. The van der Waals surface area contributed by atoms with Crippen molar-refractivity contribution in [2.24, 2.45) is 0 Å². The minimum absolute atomic E-state index is 0.125. The summed E-state index contributed by atoms with van der Waals surface area (Å²) in [7, 11) is 1.69. The molecule has 25 heavy (non-hydrogen) atoms. The van der Waals surface area contributed by atoms with Gasteiger partial charge in [-0.2, -0.15) is 0 Å². The molecule has 1 aromatic rings. The number of nitrogens with one attached hydrogen (secondary N) is 1. The van der Waals surface area contributed by atoms with Crippen LogP contribution in [0.4, 0.5) is 0 Å². The molecule has 1 aromatic carbocycles. The first-order valence-electron chi connectivity index (χ1n) is 9.50. The molecule has 3 rings (SSSR count). The van der Waals surface area contributed by atoms with Crippen LogP contribution in [-0.4, -0.2) is 49.8 Å². The maximum Gasteiger partial charge on any atom is 0.234 e. The Morgan fingerprint density at radius 1 is 1.24 bits per heavy atom. The Morgan fingerprint density at radius 2 is 2.04 bits per heavy atom. The summed E-state index contributed by atoms with van der Waals surface area (Å²) >= 11 is 0. The molecule has 0 bridgehead atoms. The molecule has 0 radical (unpaired) electrons. The van der Waals surface area contributed by atoms with E-state index >= 15 is 0 Å². The second-order valence-electron chi connectivity index (χ2n) is 7.17. The van der Waals surface area contributed by atoms with Crippen LogP contribution in [0.2, 0.25) is 0 Å². The molecule has 0 unspecified atom stereocenters. The van der Waals surface area contributed by atoms with Crippen molar-refractivity contribution in [3.8, 4) is 5.75 Å². The van der Waals surface area contributed by atoms with Crippen molar-refractivity contribution in [1.82, 2.24) is 10.2 Å². The van der Waals surface area contributed by atoms with Gasteiger partial charge in [0.15, 0.2) is 0 Å². The average Bonchev–Trinajstić information content (AvgIpc) is 3.29. The third-order valence-electron chi connectivity index (χ3n) is 5.16. The molecule has 0 aromatic heterocycles. The van der Waals surface area contributed by atoms with Crippen LogP contribution < -0.4 is 10.1 Å². The van der Waals surface area contributed by atoms with Crippen molar-refractivity contribution in [3.05, 3.63) is 29.8 Å². The summed E-state index contributed by atoms with van der Waals surface area (Å²) in [6.45, 7) is 2.73. The summed E-state index contributed by atoms with van der Waals surface area (Å²) in [6.07, 6.45) is 7.11. The van der Waals surface area contributed by atoms with Gasteiger partial charge in [0.2, 0.25) is 5.91 Å². The van der Waals surface area contributed by atoms with Gasteiger partial charge >= 0.3 is 0 Å². The lowest BCUT2D eigenvalue weighted by molar-refractivity contribution is -0.123. The number of methoxy groups -OCH3 is 1. The first-order chi connectivity index (χ1) is 12.2. The van der Waals surface area contributed by atoms with E-state index in [1.807, 2.05) is 18.2 Å². The fourth-order valence-corrected chi connectivity index (χ4v) is 3.88. The van der Waals surface area contributed by atoms with E-state index in [0.717, 1.165) is 50.1 Å². The van der Waals surface area contributed by atoms with Crippen LogP contribution in [-0.2, 0) is 16.1 Å². The van der Waals surface area contributed by atoms with E-state index in [2.05, 4.69) is 16.3 Å². The molecule has 2 fully saturated rings. The molecule has 1 saturated heterocycles. The van der Waals surface area contributed by atoms with E-state index in [1.54, 1.807) is 7.11 Å². The third-order valence-corrected chi connectivity index (χ3v) is 5.16. The van der Waals surface area contributed by atoms with Crippen molar-refractivity contribution < 1.29 is 14.3 Å². The number of para-hydroxylation sites is 1. The summed E-state index contributed by atoms with van der Waals surface area (Å²) in [4.78, 5) is 14.7. The highest BCUT2D eigenvalue weighted by Crippen LogP contribution is 2.21. The van der Waals surface area contributed by atoms with Gasteiger partial charge in [0.1, 0.15) is 5.75 Å². The van der Waals surface area contributed by atoms with Gasteiger partial charge in [-0.3, -0.25) is 9.69 Å². The number of rotatable bonds is 8. The van der Waals surface area contributed by atoms with Crippen LogP contribution in [0.15, 0.2) is 24.3 Å². The van der Waals surface area contributed by atoms with Crippen molar-refractivity contribution >= 4 is 5.91 Å². The molecule has 1 aliphatic carbocycles. The van der Waals surface area contributed by atoms with Crippen LogP contribution in [0.1, 0.15) is 44.1 Å². The molecule has 1 N–H and O–H groups in total. The van der Waals surface area contributed by atoms with E-state index in [9.17, 15) is 4.79 Å². The zero-order valence-electron chi connectivity index (χ0n) is 15.2. The van der Waals surface area contributed by atoms with Crippen LogP contribution in [0.25, 0.3) is 0 Å². The van der Waals surface area contributed by atoms with Gasteiger partial charge in [-0.05, 0) is 31.7 Å². The normalized spacial score (nSPS) is 21.0. The Kier molecular flexibility index (Phi) is 6.70. The molecule has 1 amide bonds. The van der Waals surface area contributed by atoms with Gasteiger partial charge in [-0.15, -0.1) is 0 Å². The lowest BCUT2D eigenvalue weighted by atomic mass is 10.1. The summed E-state index contributed by atoms with van der Waals surface area (Å²) in [5.74, 6) is 0.996. The SMILES string of the molecule is COc1ccccc1CN(CC(=O)NC1CCCC1)C[C@@H]1CCCO1. The first kappa shape index (κ1) is 18.2. The molecular formula is C20H30N2O3. The number of amides is 1. The molecule has 138 valence electrons. The Morgan fingerprint density at radius 3 is 2.76 bits per heavy atom. The number of hydrogen-bond donors (Lipinski definition) is 1. The number of hydrogen-bond acceptors (Lipinski definition) is 4. The van der Waals surface area contributed by atoms with Crippen molar-refractivity contribution in [1.29, 1.82) is 0 Å². The highest BCUT2D eigenvalue weighted by Gasteiger charge is 2.23. The molecule has 1 aliphatic heterocycles. The maximum absolute atomic E-state index is 12.5. The summed E-state index contributed by atoms with van der Waals surface area (Å²) < 4.78 is 11.3. The number of carbonyl (C=O) groups excluding carboxylic acids is 1. The predicted molar refractivity (Wildman–Crippen MR) is 97.6 cm³/mol. The van der Waals surface area contributed by atoms with Crippen molar-refractivity contribution in [3.63, 3.8) is 0 Å². The predicted octanol–water partition coefficient (Wildman–Crippen LogP) is 2.74. The van der Waals surface area contributed by atoms with Crippen LogP contribution in [0, 0.1) is 0 Å². The molecule has 0 spiro atoms. The van der Waals surface area contributed by atoms with E-state index in [1.165, 1.54) is 12.8 Å². The molecule has 1 heterocycles. The Balaban J connectivity index is 1.62. The average molecular weight is 346 g/mol. The lowest BCUT2D eigenvalue weighted by Crippen LogP contribution is -2.43. The van der Waals surface area contributed by atoms with Gasteiger partial charge in [-0.1, -0.05) is 31.0 Å². The molecular weight excluding hydrogens is 316 g/mol. The Bertz CT molecular complexity index is 552. The van der Waals surface area contributed by atoms with E-state index in [0.29, 0.717) is 19.1 Å². The minimum atomic E-state index is 0.125. The highest BCUT2D eigenvalue weighted by molar-refractivity contribution is 5.78. The van der Waals surface area contributed by atoms with E-state index in [4.69, 9.17) is 9.47 Å². The monoisotopic (exact) mass is 346 g/mol. The molecule has 1 atom stereocenters. The first-order valence-corrected chi connectivity index (χ1v) is 9.50. The zero-order chi connectivity index (χ0) is 17.5. The summed E-state index contributed by atoms with van der Waals surface area (Å²) in [5, 5.41) is 3.20. The van der Waals surface area contributed by atoms with Crippen LogP contribution in [0.3, 0.4) is 0 Å². The molecule has 1 saturated carbocycles. The lowest BCUT2D eigenvalue weighted by Gasteiger charge is -2.26. The number of carbonyl (C=O) groups is 1. The smallest absolute Gasteiger partial charge is 0.234 e. The number of nitrogens with zero attached hydrogens (tertiary/aromatic N) is 1. The largest absolute Gasteiger partial charge is 0.496 e. The number of benzene rings is 1. The fraction of sp³-hybridized carbons (Fsp3) is 0.650.